The van der Waals surface area contributed by atoms with Crippen molar-refractivity contribution in [2.45, 2.75) is 51.7 Å². The van der Waals surface area contributed by atoms with Crippen molar-refractivity contribution in [1.82, 2.24) is 9.97 Å². The maximum Gasteiger partial charge on any atom is 0.136 e. The van der Waals surface area contributed by atoms with Crippen molar-refractivity contribution in [3.05, 3.63) is 47.4 Å². The molecule has 1 aromatic heterocycles. The molecule has 1 aromatic carbocycles. The van der Waals surface area contributed by atoms with E-state index in [0.717, 1.165) is 43.3 Å². The lowest BCUT2D eigenvalue weighted by Crippen LogP contribution is -2.39. The molecule has 0 radical (unpaired) electrons. The van der Waals surface area contributed by atoms with E-state index < -0.39 is 0 Å². The number of methoxy groups -OCH3 is 1. The number of hydrogen-bond acceptors (Lipinski definition) is 6. The Morgan fingerprint density at radius 2 is 1.86 bits per heavy atom. The summed E-state index contributed by atoms with van der Waals surface area (Å²) in [6, 6.07) is 12.4. The van der Waals surface area contributed by atoms with E-state index in [1.165, 1.54) is 5.69 Å². The summed E-state index contributed by atoms with van der Waals surface area (Å²) in [4.78, 5) is 11.8. The van der Waals surface area contributed by atoms with Gasteiger partial charge < -0.3 is 15.0 Å². The number of nitrogens with zero attached hydrogens (tertiary/aromatic N) is 4. The number of benzene rings is 1. The van der Waals surface area contributed by atoms with Crippen LogP contribution in [0.25, 0.3) is 0 Å². The van der Waals surface area contributed by atoms with E-state index in [0.29, 0.717) is 18.2 Å². The van der Waals surface area contributed by atoms with Gasteiger partial charge in [0.15, 0.2) is 0 Å². The highest BCUT2D eigenvalue weighted by Gasteiger charge is 2.22. The van der Waals surface area contributed by atoms with Gasteiger partial charge >= 0.3 is 0 Å². The van der Waals surface area contributed by atoms with Gasteiger partial charge in [-0.15, -0.1) is 0 Å². The van der Waals surface area contributed by atoms with E-state index in [2.05, 4.69) is 42.0 Å². The van der Waals surface area contributed by atoms with Crippen molar-refractivity contribution in [3.8, 4) is 6.07 Å². The molecule has 1 aliphatic heterocycles. The van der Waals surface area contributed by atoms with Crippen LogP contribution in [0.4, 0.5) is 11.5 Å². The lowest BCUT2D eigenvalue weighted by Gasteiger charge is -2.34. The summed E-state index contributed by atoms with van der Waals surface area (Å²) in [5.41, 5.74) is 2.67. The predicted octanol–water partition coefficient (Wildman–Crippen LogP) is 3.87. The fourth-order valence-electron chi connectivity index (χ4n) is 3.37. The lowest BCUT2D eigenvalue weighted by atomic mass is 9.95. The highest BCUT2D eigenvalue weighted by molar-refractivity contribution is 5.50. The van der Waals surface area contributed by atoms with Crippen LogP contribution in [0.1, 0.15) is 50.7 Å². The Morgan fingerprint density at radius 1 is 1.18 bits per heavy atom. The van der Waals surface area contributed by atoms with Crippen LogP contribution in [0.2, 0.25) is 0 Å². The van der Waals surface area contributed by atoms with Gasteiger partial charge in [-0.3, -0.25) is 0 Å². The van der Waals surface area contributed by atoms with Gasteiger partial charge in [-0.1, -0.05) is 20.8 Å². The molecule has 1 saturated heterocycles. The van der Waals surface area contributed by atoms with Crippen LogP contribution in [0.3, 0.4) is 0 Å². The molecule has 2 heterocycles. The average molecular weight is 380 g/mol. The molecule has 0 saturated carbocycles. The summed E-state index contributed by atoms with van der Waals surface area (Å²) in [5, 5.41) is 12.6. The van der Waals surface area contributed by atoms with Crippen LogP contribution in [-0.2, 0) is 16.8 Å². The Balaban J connectivity index is 1.65. The highest BCUT2D eigenvalue weighted by atomic mass is 16.5. The molecule has 6 nitrogen and oxygen atoms in total. The van der Waals surface area contributed by atoms with Gasteiger partial charge in [-0.05, 0) is 37.1 Å². The zero-order valence-electron chi connectivity index (χ0n) is 17.2. The number of aromatic nitrogens is 2. The zero-order valence-corrected chi connectivity index (χ0v) is 17.2. The van der Waals surface area contributed by atoms with Crippen molar-refractivity contribution >= 4 is 11.5 Å². The molecular weight excluding hydrogens is 350 g/mol. The number of nitriles is 1. The minimum Gasteiger partial charge on any atom is -0.378 e. The van der Waals surface area contributed by atoms with E-state index in [-0.39, 0.29) is 5.41 Å². The van der Waals surface area contributed by atoms with E-state index in [1.54, 1.807) is 7.11 Å². The smallest absolute Gasteiger partial charge is 0.136 e. The Labute approximate surface area is 167 Å². The lowest BCUT2D eigenvalue weighted by molar-refractivity contribution is 0.181. The number of rotatable bonds is 5. The van der Waals surface area contributed by atoms with Crippen molar-refractivity contribution in [2.75, 3.05) is 30.4 Å². The van der Waals surface area contributed by atoms with Crippen molar-refractivity contribution in [1.29, 1.82) is 5.26 Å². The van der Waals surface area contributed by atoms with Crippen LogP contribution >= 0.6 is 0 Å². The molecule has 0 bridgehead atoms. The summed E-state index contributed by atoms with van der Waals surface area (Å²) in [5.74, 6) is 1.71. The van der Waals surface area contributed by atoms with Gasteiger partial charge in [0.25, 0.3) is 0 Å². The molecule has 0 aliphatic carbocycles. The molecule has 1 N–H and O–H groups in total. The molecule has 0 spiro atoms. The minimum absolute atomic E-state index is 0.112. The summed E-state index contributed by atoms with van der Waals surface area (Å²) >= 11 is 0. The molecule has 1 fully saturated rings. The van der Waals surface area contributed by atoms with Gasteiger partial charge in [0.05, 0.1) is 23.9 Å². The van der Waals surface area contributed by atoms with E-state index in [4.69, 9.17) is 15.0 Å². The molecule has 0 unspecified atom stereocenters. The average Bonchev–Trinajstić information content (AvgIpc) is 2.68. The molecule has 3 rings (SSSR count). The van der Waals surface area contributed by atoms with E-state index >= 15 is 0 Å². The van der Waals surface area contributed by atoms with Gasteiger partial charge in [0.2, 0.25) is 0 Å². The standard InChI is InChI=1S/C22H29N5O/c1-22(2,3)21-25-18(15-28-4)13-20(26-21)24-17-9-11-27(12-10-17)19-7-5-16(14-23)6-8-19/h5-8,13,17H,9-12,15H2,1-4H3,(H,24,25,26). The Bertz CT molecular complexity index is 827. The van der Waals surface area contributed by atoms with Gasteiger partial charge in [0, 0.05) is 43.4 Å². The Morgan fingerprint density at radius 3 is 2.43 bits per heavy atom. The monoisotopic (exact) mass is 379 g/mol. The van der Waals surface area contributed by atoms with Gasteiger partial charge in [-0.25, -0.2) is 9.97 Å². The van der Waals surface area contributed by atoms with E-state index in [1.807, 2.05) is 30.3 Å². The summed E-state index contributed by atoms with van der Waals surface area (Å²) in [6.07, 6.45) is 2.07. The number of hydrogen-bond donors (Lipinski definition) is 1. The second kappa shape index (κ2) is 8.57. The topological polar surface area (TPSA) is 74.1 Å². The first-order valence-electron chi connectivity index (χ1n) is 9.78. The second-order valence-electron chi connectivity index (χ2n) is 8.32. The highest BCUT2D eigenvalue weighted by Crippen LogP contribution is 2.24. The fraction of sp³-hybridized carbons (Fsp3) is 0.500. The molecule has 0 amide bonds. The molecule has 1 aliphatic rings. The predicted molar refractivity (Wildman–Crippen MR) is 111 cm³/mol. The van der Waals surface area contributed by atoms with Crippen LogP contribution in [-0.4, -0.2) is 36.2 Å². The molecule has 2 aromatic rings. The van der Waals surface area contributed by atoms with Crippen LogP contribution in [0.5, 0.6) is 0 Å². The van der Waals surface area contributed by atoms with Gasteiger partial charge in [-0.2, -0.15) is 5.26 Å². The van der Waals surface area contributed by atoms with Crippen molar-refractivity contribution in [2.24, 2.45) is 0 Å². The SMILES string of the molecule is COCc1cc(NC2CCN(c3ccc(C#N)cc3)CC2)nc(C(C)(C)C)n1. The molecule has 148 valence electrons. The molecule has 28 heavy (non-hydrogen) atoms. The number of anilines is 2. The van der Waals surface area contributed by atoms with E-state index in [9.17, 15) is 0 Å². The zero-order chi connectivity index (χ0) is 20.1. The number of nitrogens with one attached hydrogen (secondary N) is 1. The first-order chi connectivity index (χ1) is 13.4. The van der Waals surface area contributed by atoms with Crippen LogP contribution in [0.15, 0.2) is 30.3 Å². The number of piperidine rings is 1. The number of ether oxygens (including phenoxy) is 1. The Hall–Kier alpha value is -2.65. The maximum absolute atomic E-state index is 8.95. The third-order valence-electron chi connectivity index (χ3n) is 4.95. The minimum atomic E-state index is -0.112. The fourth-order valence-corrected chi connectivity index (χ4v) is 3.37. The summed E-state index contributed by atoms with van der Waals surface area (Å²) in [7, 11) is 1.69. The third-order valence-corrected chi connectivity index (χ3v) is 4.95. The second-order valence-corrected chi connectivity index (χ2v) is 8.32. The molecule has 6 heteroatoms. The normalized spacial score (nSPS) is 15.3. The Kier molecular flexibility index (Phi) is 6.15. The maximum atomic E-state index is 8.95. The largest absolute Gasteiger partial charge is 0.378 e. The first-order valence-corrected chi connectivity index (χ1v) is 9.78. The third kappa shape index (κ3) is 4.99. The molecular formula is C22H29N5O. The van der Waals surface area contributed by atoms with Gasteiger partial charge in [0.1, 0.15) is 11.6 Å². The first kappa shape index (κ1) is 20.1. The summed E-state index contributed by atoms with van der Waals surface area (Å²) in [6.45, 7) is 8.81. The summed E-state index contributed by atoms with van der Waals surface area (Å²) < 4.78 is 5.28. The van der Waals surface area contributed by atoms with Crippen molar-refractivity contribution in [3.63, 3.8) is 0 Å². The molecule has 0 atom stereocenters. The van der Waals surface area contributed by atoms with Crippen LogP contribution in [0, 0.1) is 11.3 Å². The van der Waals surface area contributed by atoms with Crippen molar-refractivity contribution < 1.29 is 4.74 Å². The van der Waals surface area contributed by atoms with Crippen LogP contribution < -0.4 is 10.2 Å². The quantitative estimate of drug-likeness (QED) is 0.850.